The van der Waals surface area contributed by atoms with Crippen LogP contribution in [0.25, 0.3) is 10.8 Å². The molecular weight excluding hydrogens is 711 g/mol. The molecule has 2 N–H and O–H groups in total. The average molecular weight is 752 g/mol. The second-order valence-electron chi connectivity index (χ2n) is 13.6. The zero-order valence-electron chi connectivity index (χ0n) is 30.8. The van der Waals surface area contributed by atoms with Crippen molar-refractivity contribution in [1.82, 2.24) is 25.1 Å². The molecule has 7 rings (SSSR count). The van der Waals surface area contributed by atoms with E-state index in [-0.39, 0.29) is 57.6 Å². The molecule has 5 aromatic carbocycles. The van der Waals surface area contributed by atoms with E-state index in [0.717, 1.165) is 33.0 Å². The molecule has 2 aliphatic heterocycles. The van der Waals surface area contributed by atoms with Crippen molar-refractivity contribution in [2.45, 2.75) is 38.3 Å². The molecule has 0 bridgehead atoms. The number of nitrogens with one attached hydrogen (secondary N) is 2. The Morgan fingerprint density at radius 3 is 2.32 bits per heavy atom. The van der Waals surface area contributed by atoms with Gasteiger partial charge in [-0.1, -0.05) is 97.1 Å². The number of hydrogen-bond donors (Lipinski definition) is 2. The lowest BCUT2D eigenvalue weighted by Crippen LogP contribution is -2.66. The van der Waals surface area contributed by atoms with E-state index >= 15 is 0 Å². The van der Waals surface area contributed by atoms with E-state index in [2.05, 4.69) is 16.7 Å². The van der Waals surface area contributed by atoms with Crippen LogP contribution in [0.3, 0.4) is 0 Å². The predicted octanol–water partition coefficient (Wildman–Crippen LogP) is 5.67. The Labute approximate surface area is 324 Å². The van der Waals surface area contributed by atoms with Crippen molar-refractivity contribution in [3.05, 3.63) is 144 Å². The van der Waals surface area contributed by atoms with Crippen molar-refractivity contribution in [1.29, 1.82) is 5.26 Å². The Balaban J connectivity index is 1.12. The molecule has 0 aliphatic carbocycles. The quantitative estimate of drug-likeness (QED) is 0.155. The maximum atomic E-state index is 14.5. The van der Waals surface area contributed by atoms with Crippen LogP contribution in [0.15, 0.2) is 121 Å². The number of ether oxygens (including phenoxy) is 2. The summed E-state index contributed by atoms with van der Waals surface area (Å²) in [6.45, 7) is 0.204. The molecule has 56 heavy (non-hydrogen) atoms. The van der Waals surface area contributed by atoms with E-state index in [9.17, 15) is 24.4 Å². The largest absolute Gasteiger partial charge is 0.497 e. The summed E-state index contributed by atoms with van der Waals surface area (Å²) in [6, 6.07) is 38.2. The van der Waals surface area contributed by atoms with Gasteiger partial charge in [0, 0.05) is 25.2 Å². The lowest BCUT2D eigenvalue weighted by atomic mass is 9.98. The van der Waals surface area contributed by atoms with Crippen LogP contribution in [0.2, 0.25) is 0 Å². The number of hydrogen-bond acceptors (Lipinski definition) is 8. The molecule has 5 aromatic rings. The molecule has 13 heteroatoms. The Morgan fingerprint density at radius 1 is 0.857 bits per heavy atom. The van der Waals surface area contributed by atoms with Crippen LogP contribution in [-0.2, 0) is 40.4 Å². The number of rotatable bonds is 12. The molecule has 2 aliphatic rings. The van der Waals surface area contributed by atoms with E-state index in [1.165, 1.54) is 5.01 Å². The van der Waals surface area contributed by atoms with Gasteiger partial charge in [-0.15, -0.1) is 0 Å². The SMILES string of the molecule is COc1ccc(CNC(=O)N(CC#N)N2CC(=O)N3[C@@H](Cc4ccc(NC(=O)OCc5ccccc5)cc4)C(=O)N(Cc4cccc5ccccc45)C[C@@H]32)cc1. The molecule has 2 atom stereocenters. The Kier molecular flexibility index (Phi) is 11.4. The second-order valence-corrected chi connectivity index (χ2v) is 13.6. The topological polar surface area (TPSA) is 148 Å². The Bertz CT molecular complexity index is 2240. The van der Waals surface area contributed by atoms with Gasteiger partial charge in [-0.3, -0.25) is 14.9 Å². The highest BCUT2D eigenvalue weighted by atomic mass is 16.5. The summed E-state index contributed by atoms with van der Waals surface area (Å²) in [5, 5.41) is 20.3. The summed E-state index contributed by atoms with van der Waals surface area (Å²) >= 11 is 0. The lowest BCUT2D eigenvalue weighted by molar-refractivity contribution is -0.157. The van der Waals surface area contributed by atoms with Crippen molar-refractivity contribution in [2.75, 3.05) is 32.1 Å². The first-order valence-electron chi connectivity index (χ1n) is 18.3. The standard InChI is InChI=1S/C43H41N7O6/c1-55-36-20-16-31(17-21-36)25-45-42(53)48(23-22-44)49-28-40(51)50-38(24-30-14-18-35(19-15-30)46-43(54)56-29-32-8-3-2-4-9-32)41(52)47(27-39(49)50)26-34-12-7-11-33-10-5-6-13-37(33)34/h2-21,38-39H,23-29H2,1H3,(H,45,53)(H,46,54)/t38-,39+/m0/s1. The van der Waals surface area contributed by atoms with Gasteiger partial charge in [0.05, 0.1) is 26.3 Å². The predicted molar refractivity (Wildman–Crippen MR) is 208 cm³/mol. The van der Waals surface area contributed by atoms with E-state index in [1.54, 1.807) is 58.3 Å². The number of hydrazine groups is 1. The molecule has 13 nitrogen and oxygen atoms in total. The second kappa shape index (κ2) is 17.0. The van der Waals surface area contributed by atoms with Gasteiger partial charge in [-0.05, 0) is 57.3 Å². The van der Waals surface area contributed by atoms with Gasteiger partial charge < -0.3 is 24.6 Å². The number of carbonyl (C=O) groups is 4. The van der Waals surface area contributed by atoms with E-state index in [0.29, 0.717) is 11.4 Å². The highest BCUT2D eigenvalue weighted by Gasteiger charge is 2.52. The van der Waals surface area contributed by atoms with Gasteiger partial charge in [0.1, 0.15) is 31.1 Å². The first-order chi connectivity index (χ1) is 27.3. The summed E-state index contributed by atoms with van der Waals surface area (Å²) in [5.74, 6) is 0.124. The summed E-state index contributed by atoms with van der Waals surface area (Å²) in [5.41, 5.74) is 3.90. The van der Waals surface area contributed by atoms with Crippen molar-refractivity contribution in [3.8, 4) is 11.8 Å². The molecule has 0 spiro atoms. The highest BCUT2D eigenvalue weighted by molar-refractivity contribution is 5.92. The molecule has 0 unspecified atom stereocenters. The first-order valence-corrected chi connectivity index (χ1v) is 18.3. The smallest absolute Gasteiger partial charge is 0.411 e. The first kappa shape index (κ1) is 37.4. The van der Waals surface area contributed by atoms with Crippen molar-refractivity contribution in [3.63, 3.8) is 0 Å². The zero-order chi connectivity index (χ0) is 39.0. The number of nitriles is 1. The number of amides is 5. The van der Waals surface area contributed by atoms with Gasteiger partial charge >= 0.3 is 12.1 Å². The molecule has 0 aromatic heterocycles. The normalized spacial score (nSPS) is 16.6. The number of benzene rings is 5. The monoisotopic (exact) mass is 751 g/mol. The molecule has 284 valence electrons. The molecule has 2 heterocycles. The number of methoxy groups -OCH3 is 1. The van der Waals surface area contributed by atoms with Crippen LogP contribution < -0.4 is 15.4 Å². The lowest BCUT2D eigenvalue weighted by Gasteiger charge is -2.46. The van der Waals surface area contributed by atoms with E-state index in [4.69, 9.17) is 9.47 Å². The summed E-state index contributed by atoms with van der Waals surface area (Å²) in [7, 11) is 1.58. The third-order valence-corrected chi connectivity index (χ3v) is 10.0. The van der Waals surface area contributed by atoms with Gasteiger partial charge in [0.15, 0.2) is 0 Å². The molecule has 5 amide bonds. The number of urea groups is 1. The third kappa shape index (κ3) is 8.41. The number of anilines is 1. The van der Waals surface area contributed by atoms with Crippen LogP contribution in [-0.4, -0.2) is 82.7 Å². The zero-order valence-corrected chi connectivity index (χ0v) is 30.8. The molecular formula is C43H41N7O6. The maximum absolute atomic E-state index is 14.5. The fourth-order valence-corrected chi connectivity index (χ4v) is 7.21. The maximum Gasteiger partial charge on any atom is 0.411 e. The third-order valence-electron chi connectivity index (χ3n) is 10.0. The molecule has 2 fully saturated rings. The van der Waals surface area contributed by atoms with Gasteiger partial charge in [-0.2, -0.15) is 10.3 Å². The minimum atomic E-state index is -0.901. The van der Waals surface area contributed by atoms with Crippen LogP contribution >= 0.6 is 0 Å². The highest BCUT2D eigenvalue weighted by Crippen LogP contribution is 2.31. The number of fused-ring (bicyclic) bond motifs is 2. The van der Waals surface area contributed by atoms with Crippen LogP contribution in [0.4, 0.5) is 15.3 Å². The fraction of sp³-hybridized carbons (Fsp3) is 0.233. The number of piperazine rings is 1. The number of carbonyl (C=O) groups excluding carboxylic acids is 4. The molecule has 0 saturated carbocycles. The van der Waals surface area contributed by atoms with Crippen molar-refractivity contribution in [2.24, 2.45) is 0 Å². The Morgan fingerprint density at radius 2 is 1.57 bits per heavy atom. The van der Waals surface area contributed by atoms with Gasteiger partial charge in [0.2, 0.25) is 11.8 Å². The summed E-state index contributed by atoms with van der Waals surface area (Å²) < 4.78 is 10.6. The van der Waals surface area contributed by atoms with Crippen LogP contribution in [0, 0.1) is 11.3 Å². The summed E-state index contributed by atoms with van der Waals surface area (Å²) in [6.07, 6.45) is -1.14. The molecule has 0 radical (unpaired) electrons. The van der Waals surface area contributed by atoms with Gasteiger partial charge in [0.25, 0.3) is 0 Å². The van der Waals surface area contributed by atoms with E-state index in [1.807, 2.05) is 84.9 Å². The Hall–Kier alpha value is -6.91. The minimum Gasteiger partial charge on any atom is -0.497 e. The van der Waals surface area contributed by atoms with Crippen molar-refractivity contribution < 1.29 is 28.7 Å². The number of nitrogens with zero attached hydrogens (tertiary/aromatic N) is 5. The van der Waals surface area contributed by atoms with Crippen LogP contribution in [0.5, 0.6) is 5.75 Å². The molecule has 2 saturated heterocycles. The van der Waals surface area contributed by atoms with Gasteiger partial charge in [-0.25, -0.2) is 14.6 Å². The summed E-state index contributed by atoms with van der Waals surface area (Å²) in [4.78, 5) is 57.9. The van der Waals surface area contributed by atoms with E-state index < -0.39 is 24.3 Å². The van der Waals surface area contributed by atoms with Crippen LogP contribution in [0.1, 0.15) is 22.3 Å². The fourth-order valence-electron chi connectivity index (χ4n) is 7.21. The minimum absolute atomic E-state index is 0.117. The van der Waals surface area contributed by atoms with Crippen molar-refractivity contribution >= 4 is 40.4 Å². The average Bonchev–Trinajstić information content (AvgIpc) is 3.55.